The molecule has 0 saturated heterocycles. The van der Waals surface area contributed by atoms with Crippen molar-refractivity contribution < 1.29 is 19.7 Å². The van der Waals surface area contributed by atoms with E-state index < -0.39 is 18.2 Å². The Labute approximate surface area is 96.8 Å². The minimum atomic E-state index is -1.60. The van der Waals surface area contributed by atoms with Gasteiger partial charge in [0.1, 0.15) is 6.10 Å². The molecule has 0 amide bonds. The number of halogens is 1. The fraction of sp³-hybridized carbons (Fsp3) is 0.625. The Morgan fingerprint density at radius 3 is 2.93 bits per heavy atom. The third-order valence-electron chi connectivity index (χ3n) is 1.80. The van der Waals surface area contributed by atoms with Gasteiger partial charge in [0.05, 0.1) is 18.2 Å². The van der Waals surface area contributed by atoms with Gasteiger partial charge in [0.15, 0.2) is 6.10 Å². The van der Waals surface area contributed by atoms with Crippen molar-refractivity contribution in [2.24, 2.45) is 0 Å². The van der Waals surface area contributed by atoms with Crippen LogP contribution in [0.3, 0.4) is 0 Å². The highest BCUT2D eigenvalue weighted by molar-refractivity contribution is 8.02. The second-order valence-corrected chi connectivity index (χ2v) is 4.08. The van der Waals surface area contributed by atoms with E-state index in [1.54, 1.807) is 12.3 Å². The average molecular weight is 254 g/mol. The third-order valence-corrected chi connectivity index (χ3v) is 3.07. The number of hydrogen-bond donors (Lipinski definition) is 2. The summed E-state index contributed by atoms with van der Waals surface area (Å²) in [5.41, 5.74) is 0.308. The van der Waals surface area contributed by atoms with Crippen molar-refractivity contribution in [3.05, 3.63) is 11.1 Å². The zero-order valence-corrected chi connectivity index (χ0v) is 9.66. The number of hydrogen-bond acceptors (Lipinski definition) is 6. The lowest BCUT2D eigenvalue weighted by Crippen LogP contribution is -2.38. The van der Waals surface area contributed by atoms with Gasteiger partial charge in [-0.3, -0.25) is 4.42 Å². The van der Waals surface area contributed by atoms with Crippen molar-refractivity contribution in [2.75, 3.05) is 12.5 Å². The molecule has 0 spiro atoms. The Bertz CT molecular complexity index is 273. The molecule has 0 saturated carbocycles. The van der Waals surface area contributed by atoms with E-state index >= 15 is 0 Å². The quantitative estimate of drug-likeness (QED) is 0.554. The zero-order chi connectivity index (χ0) is 11.4. The number of aliphatic hydroxyl groups is 2. The average Bonchev–Trinajstić information content (AvgIpc) is 2.62. The van der Waals surface area contributed by atoms with Gasteiger partial charge < -0.3 is 14.9 Å². The standard InChI is InChI=1S/C8H12ClNO4S/c1-2-14-8(13)7(12)6(11)5-3-15-4-10(5)9/h3,6-7,11-12H,2,4H2,1H3. The molecule has 2 atom stereocenters. The third kappa shape index (κ3) is 3.01. The van der Waals surface area contributed by atoms with E-state index in [1.807, 2.05) is 0 Å². The molecular weight excluding hydrogens is 242 g/mol. The van der Waals surface area contributed by atoms with Crippen LogP contribution in [0, 0.1) is 0 Å². The number of esters is 1. The SMILES string of the molecule is CCOC(=O)C(O)C(O)C1=CSCN1Cl. The maximum Gasteiger partial charge on any atom is 0.338 e. The van der Waals surface area contributed by atoms with Crippen LogP contribution in [0.15, 0.2) is 11.1 Å². The molecule has 0 bridgehead atoms. The molecule has 0 radical (unpaired) electrons. The number of carbonyl (C=O) groups is 1. The van der Waals surface area contributed by atoms with Crippen molar-refractivity contribution in [3.8, 4) is 0 Å². The topological polar surface area (TPSA) is 70.0 Å². The molecule has 15 heavy (non-hydrogen) atoms. The van der Waals surface area contributed by atoms with Crippen LogP contribution in [0.1, 0.15) is 6.92 Å². The summed E-state index contributed by atoms with van der Waals surface area (Å²) < 4.78 is 5.82. The van der Waals surface area contributed by atoms with Crippen LogP contribution >= 0.6 is 23.5 Å². The highest BCUT2D eigenvalue weighted by atomic mass is 35.5. The lowest BCUT2D eigenvalue weighted by atomic mass is 10.1. The molecule has 2 unspecified atom stereocenters. The largest absolute Gasteiger partial charge is 0.464 e. The van der Waals surface area contributed by atoms with Gasteiger partial charge in [0, 0.05) is 11.8 Å². The highest BCUT2D eigenvalue weighted by Gasteiger charge is 2.32. The van der Waals surface area contributed by atoms with Gasteiger partial charge in [-0.05, 0) is 12.3 Å². The first-order chi connectivity index (χ1) is 7.07. The summed E-state index contributed by atoms with van der Waals surface area (Å²) in [5, 5.41) is 20.7. The summed E-state index contributed by atoms with van der Waals surface area (Å²) in [7, 11) is 0. The van der Waals surface area contributed by atoms with E-state index in [0.717, 1.165) is 0 Å². The van der Waals surface area contributed by atoms with E-state index in [0.29, 0.717) is 11.6 Å². The van der Waals surface area contributed by atoms with E-state index in [4.69, 9.17) is 11.8 Å². The van der Waals surface area contributed by atoms with Crippen LogP contribution in [0.25, 0.3) is 0 Å². The van der Waals surface area contributed by atoms with Crippen molar-refractivity contribution in [1.29, 1.82) is 0 Å². The summed E-state index contributed by atoms with van der Waals surface area (Å²) in [6.07, 6.45) is -2.95. The minimum Gasteiger partial charge on any atom is -0.464 e. The molecule has 1 heterocycles. The summed E-state index contributed by atoms with van der Waals surface area (Å²) in [5.74, 6) is -0.378. The van der Waals surface area contributed by atoms with Gasteiger partial charge in [-0.25, -0.2) is 4.79 Å². The molecule has 2 N–H and O–H groups in total. The fourth-order valence-corrected chi connectivity index (χ4v) is 2.22. The number of aliphatic hydroxyl groups excluding tert-OH is 2. The number of nitrogens with zero attached hydrogens (tertiary/aromatic N) is 1. The predicted octanol–water partition coefficient (Wildman–Crippen LogP) is 0.273. The predicted molar refractivity (Wildman–Crippen MR) is 56.9 cm³/mol. The van der Waals surface area contributed by atoms with Crippen LogP contribution in [0.2, 0.25) is 0 Å². The van der Waals surface area contributed by atoms with Crippen molar-refractivity contribution in [1.82, 2.24) is 4.42 Å². The van der Waals surface area contributed by atoms with Gasteiger partial charge >= 0.3 is 5.97 Å². The normalized spacial score (nSPS) is 19.7. The molecule has 0 aromatic rings. The molecule has 5 nitrogen and oxygen atoms in total. The molecule has 1 aliphatic heterocycles. The Hall–Kier alpha value is -0.430. The molecule has 0 fully saturated rings. The van der Waals surface area contributed by atoms with Crippen LogP contribution in [0.5, 0.6) is 0 Å². The van der Waals surface area contributed by atoms with E-state index in [9.17, 15) is 15.0 Å². The van der Waals surface area contributed by atoms with Crippen molar-refractivity contribution >= 4 is 29.5 Å². The second-order valence-electron chi connectivity index (χ2n) is 2.84. The molecule has 0 aliphatic carbocycles. The number of ether oxygens (including phenoxy) is 1. The van der Waals surface area contributed by atoms with Crippen molar-refractivity contribution in [3.63, 3.8) is 0 Å². The first-order valence-electron chi connectivity index (χ1n) is 4.35. The van der Waals surface area contributed by atoms with Gasteiger partial charge in [-0.1, -0.05) is 0 Å². The molecule has 86 valence electrons. The number of thioether (sulfide) groups is 1. The van der Waals surface area contributed by atoms with Gasteiger partial charge in [-0.2, -0.15) is 0 Å². The Balaban J connectivity index is 2.59. The summed E-state index contributed by atoms with van der Waals surface area (Å²) in [4.78, 5) is 11.1. The number of rotatable bonds is 4. The zero-order valence-electron chi connectivity index (χ0n) is 8.09. The molecule has 7 heteroatoms. The fourth-order valence-electron chi connectivity index (χ4n) is 1.05. The van der Waals surface area contributed by atoms with Crippen LogP contribution in [-0.2, 0) is 9.53 Å². The molecule has 0 aromatic heterocycles. The minimum absolute atomic E-state index is 0.154. The lowest BCUT2D eigenvalue weighted by molar-refractivity contribution is -0.158. The second kappa shape index (κ2) is 5.60. The van der Waals surface area contributed by atoms with Gasteiger partial charge in [-0.15, -0.1) is 11.8 Å². The Morgan fingerprint density at radius 2 is 2.47 bits per heavy atom. The maximum atomic E-state index is 11.1. The molecule has 1 rings (SSSR count). The monoisotopic (exact) mass is 253 g/mol. The number of carbonyl (C=O) groups excluding carboxylic acids is 1. The lowest BCUT2D eigenvalue weighted by Gasteiger charge is -2.21. The Morgan fingerprint density at radius 1 is 1.80 bits per heavy atom. The van der Waals surface area contributed by atoms with E-state index in [2.05, 4.69) is 4.74 Å². The van der Waals surface area contributed by atoms with Crippen LogP contribution in [-0.4, -0.2) is 45.3 Å². The van der Waals surface area contributed by atoms with Gasteiger partial charge in [0.25, 0.3) is 0 Å². The Kier molecular flexibility index (Phi) is 4.72. The van der Waals surface area contributed by atoms with Crippen molar-refractivity contribution in [2.45, 2.75) is 19.1 Å². The molecule has 1 aliphatic rings. The van der Waals surface area contributed by atoms with Crippen LogP contribution < -0.4 is 0 Å². The summed E-state index contributed by atoms with van der Waals surface area (Å²) in [6.45, 7) is 1.77. The van der Waals surface area contributed by atoms with E-state index in [1.165, 1.54) is 16.2 Å². The first kappa shape index (κ1) is 12.6. The van der Waals surface area contributed by atoms with E-state index in [-0.39, 0.29) is 6.61 Å². The van der Waals surface area contributed by atoms with Gasteiger partial charge in [0.2, 0.25) is 0 Å². The molecule has 0 aromatic carbocycles. The first-order valence-corrected chi connectivity index (χ1v) is 5.74. The summed E-state index contributed by atoms with van der Waals surface area (Å²) >= 11 is 7.09. The molecular formula is C8H12ClNO4S. The van der Waals surface area contributed by atoms with Crippen LogP contribution in [0.4, 0.5) is 0 Å². The maximum absolute atomic E-state index is 11.1. The smallest absolute Gasteiger partial charge is 0.338 e. The highest BCUT2D eigenvalue weighted by Crippen LogP contribution is 2.28. The summed E-state index contributed by atoms with van der Waals surface area (Å²) in [6, 6.07) is 0.